The number of sulfonamides is 1. The highest BCUT2D eigenvalue weighted by Crippen LogP contribution is 2.34. The fourth-order valence-corrected chi connectivity index (χ4v) is 3.81. The van der Waals surface area contributed by atoms with Gasteiger partial charge in [-0.05, 0) is 24.3 Å². The molecule has 1 N–H and O–H groups in total. The van der Waals surface area contributed by atoms with Crippen LogP contribution in [0.5, 0.6) is 11.5 Å². The average molecular weight is 385 g/mol. The van der Waals surface area contributed by atoms with E-state index >= 15 is 0 Å². The van der Waals surface area contributed by atoms with Crippen LogP contribution in [0.4, 0.5) is 14.5 Å². The van der Waals surface area contributed by atoms with Gasteiger partial charge in [-0.15, -0.1) is 0 Å². The van der Waals surface area contributed by atoms with E-state index in [2.05, 4.69) is 0 Å². The molecule has 7 nitrogen and oxygen atoms in total. The molecule has 0 aromatic heterocycles. The number of rotatable bonds is 5. The summed E-state index contributed by atoms with van der Waals surface area (Å²) in [5, 5.41) is 9.05. The van der Waals surface area contributed by atoms with Crippen LogP contribution in [-0.4, -0.2) is 39.3 Å². The number of carboxylic acids is 1. The zero-order chi connectivity index (χ0) is 18.9. The molecule has 0 atom stereocenters. The minimum atomic E-state index is -4.38. The fourth-order valence-electron chi connectivity index (χ4n) is 2.39. The molecule has 0 fully saturated rings. The Kier molecular flexibility index (Phi) is 4.68. The highest BCUT2D eigenvalue weighted by molar-refractivity contribution is 7.92. The van der Waals surface area contributed by atoms with E-state index in [1.807, 2.05) is 0 Å². The van der Waals surface area contributed by atoms with Crippen molar-refractivity contribution in [2.75, 3.05) is 24.1 Å². The lowest BCUT2D eigenvalue weighted by Gasteiger charge is -2.24. The van der Waals surface area contributed by atoms with Crippen molar-refractivity contribution in [2.24, 2.45) is 0 Å². The van der Waals surface area contributed by atoms with Gasteiger partial charge in [0.2, 0.25) is 0 Å². The summed E-state index contributed by atoms with van der Waals surface area (Å²) >= 11 is 0. The Morgan fingerprint density at radius 3 is 2.38 bits per heavy atom. The van der Waals surface area contributed by atoms with Crippen LogP contribution < -0.4 is 13.8 Å². The third-order valence-electron chi connectivity index (χ3n) is 3.57. The van der Waals surface area contributed by atoms with E-state index in [0.717, 1.165) is 12.1 Å². The number of carboxylic acid groups (broad SMARTS) is 1. The molecule has 138 valence electrons. The zero-order valence-corrected chi connectivity index (χ0v) is 14.0. The van der Waals surface area contributed by atoms with Crippen molar-refractivity contribution in [1.29, 1.82) is 0 Å². The lowest BCUT2D eigenvalue weighted by molar-refractivity contribution is -0.135. The van der Waals surface area contributed by atoms with E-state index in [-0.39, 0.29) is 22.9 Å². The molecule has 1 aliphatic heterocycles. The maximum atomic E-state index is 13.5. The lowest BCUT2D eigenvalue weighted by Crippen LogP contribution is -2.36. The predicted molar refractivity (Wildman–Crippen MR) is 86.0 cm³/mol. The van der Waals surface area contributed by atoms with E-state index in [4.69, 9.17) is 14.6 Å². The van der Waals surface area contributed by atoms with E-state index < -0.39 is 34.2 Å². The van der Waals surface area contributed by atoms with Crippen LogP contribution in [0.2, 0.25) is 0 Å². The molecule has 0 amide bonds. The van der Waals surface area contributed by atoms with Crippen LogP contribution in [0.15, 0.2) is 41.3 Å². The van der Waals surface area contributed by atoms with Gasteiger partial charge in [0.15, 0.2) is 23.1 Å². The van der Waals surface area contributed by atoms with Crippen LogP contribution in [0.1, 0.15) is 0 Å². The first-order valence-electron chi connectivity index (χ1n) is 7.38. The molecule has 0 unspecified atom stereocenters. The molecule has 2 aromatic carbocycles. The second kappa shape index (κ2) is 6.79. The summed E-state index contributed by atoms with van der Waals surface area (Å²) in [6.07, 6.45) is 0. The Balaban J connectivity index is 2.07. The number of aliphatic carboxylic acids is 1. The number of benzene rings is 2. The minimum Gasteiger partial charge on any atom is -0.486 e. The van der Waals surface area contributed by atoms with Gasteiger partial charge in [0.25, 0.3) is 10.0 Å². The number of hydrogen-bond donors (Lipinski definition) is 1. The van der Waals surface area contributed by atoms with Crippen molar-refractivity contribution in [3.8, 4) is 11.5 Å². The molecule has 2 aromatic rings. The van der Waals surface area contributed by atoms with Gasteiger partial charge in [0.05, 0.1) is 10.6 Å². The van der Waals surface area contributed by atoms with Crippen LogP contribution >= 0.6 is 0 Å². The third-order valence-corrected chi connectivity index (χ3v) is 5.34. The highest BCUT2D eigenvalue weighted by atomic mass is 32.2. The van der Waals surface area contributed by atoms with E-state index in [1.54, 1.807) is 0 Å². The van der Waals surface area contributed by atoms with Gasteiger partial charge in [0, 0.05) is 12.1 Å². The monoisotopic (exact) mass is 385 g/mol. The number of ether oxygens (including phenoxy) is 2. The maximum Gasteiger partial charge on any atom is 0.324 e. The quantitative estimate of drug-likeness (QED) is 0.847. The maximum absolute atomic E-state index is 13.5. The second-order valence-electron chi connectivity index (χ2n) is 5.31. The van der Waals surface area contributed by atoms with Gasteiger partial charge in [-0.3, -0.25) is 9.10 Å². The van der Waals surface area contributed by atoms with E-state index in [0.29, 0.717) is 22.7 Å². The van der Waals surface area contributed by atoms with Gasteiger partial charge in [-0.1, -0.05) is 0 Å². The number of nitrogens with zero attached hydrogens (tertiary/aromatic N) is 1. The normalized spacial score (nSPS) is 13.3. The molecule has 0 bridgehead atoms. The Hall–Kier alpha value is -2.88. The second-order valence-corrected chi connectivity index (χ2v) is 7.17. The SMILES string of the molecule is O=C(O)CN(c1ccc(F)c(F)c1)S(=O)(=O)c1ccc2c(c1)OCCO2. The van der Waals surface area contributed by atoms with E-state index in [9.17, 15) is 22.0 Å². The highest BCUT2D eigenvalue weighted by Gasteiger charge is 2.29. The molecule has 10 heteroatoms. The topological polar surface area (TPSA) is 93.1 Å². The predicted octanol–water partition coefficient (Wildman–Crippen LogP) is 2.02. The standard InChI is InChI=1S/C16H13F2NO6S/c17-12-3-1-10(7-13(12)18)19(9-16(20)21)26(22,23)11-2-4-14-15(8-11)25-6-5-24-14/h1-4,7-8H,5-6,9H2,(H,20,21). The van der Waals surface area contributed by atoms with Gasteiger partial charge in [-0.2, -0.15) is 0 Å². The van der Waals surface area contributed by atoms with Crippen LogP contribution in [0.25, 0.3) is 0 Å². The van der Waals surface area contributed by atoms with Crippen molar-refractivity contribution in [1.82, 2.24) is 0 Å². The van der Waals surface area contributed by atoms with Crippen molar-refractivity contribution in [3.05, 3.63) is 48.0 Å². The third kappa shape index (κ3) is 3.40. The number of hydrogen-bond acceptors (Lipinski definition) is 5. The van der Waals surface area contributed by atoms with Crippen LogP contribution in [0, 0.1) is 11.6 Å². The summed E-state index contributed by atoms with van der Waals surface area (Å²) in [6, 6.07) is 6.12. The first-order valence-corrected chi connectivity index (χ1v) is 8.82. The van der Waals surface area contributed by atoms with E-state index in [1.165, 1.54) is 18.2 Å². The summed E-state index contributed by atoms with van der Waals surface area (Å²) in [4.78, 5) is 10.9. The molecular weight excluding hydrogens is 372 g/mol. The summed E-state index contributed by atoms with van der Waals surface area (Å²) in [5.74, 6) is -3.39. The first kappa shape index (κ1) is 17.9. The Bertz CT molecular complexity index is 963. The molecule has 1 heterocycles. The number of anilines is 1. The smallest absolute Gasteiger partial charge is 0.324 e. The molecule has 0 aliphatic carbocycles. The number of fused-ring (bicyclic) bond motifs is 1. The molecule has 1 aliphatic rings. The van der Waals surface area contributed by atoms with Crippen molar-refractivity contribution < 1.29 is 36.6 Å². The number of carbonyl (C=O) groups is 1. The van der Waals surface area contributed by atoms with Crippen molar-refractivity contribution in [3.63, 3.8) is 0 Å². The molecule has 0 spiro atoms. The van der Waals surface area contributed by atoms with Crippen molar-refractivity contribution in [2.45, 2.75) is 4.90 Å². The molecule has 0 saturated heterocycles. The van der Waals surface area contributed by atoms with Crippen molar-refractivity contribution >= 4 is 21.7 Å². The minimum absolute atomic E-state index is 0.192. The average Bonchev–Trinajstić information content (AvgIpc) is 2.61. The molecule has 0 radical (unpaired) electrons. The van der Waals surface area contributed by atoms with Gasteiger partial charge >= 0.3 is 5.97 Å². The van der Waals surface area contributed by atoms with Gasteiger partial charge < -0.3 is 14.6 Å². The Morgan fingerprint density at radius 1 is 1.04 bits per heavy atom. The summed E-state index contributed by atoms with van der Waals surface area (Å²) < 4.78 is 63.6. The number of halogens is 2. The molecule has 26 heavy (non-hydrogen) atoms. The first-order chi connectivity index (χ1) is 12.3. The summed E-state index contributed by atoms with van der Waals surface area (Å²) in [5.41, 5.74) is -0.318. The molecule has 3 rings (SSSR count). The summed E-state index contributed by atoms with van der Waals surface area (Å²) in [7, 11) is -4.38. The Labute approximate surface area is 147 Å². The fraction of sp³-hybridized carbons (Fsp3) is 0.188. The largest absolute Gasteiger partial charge is 0.486 e. The van der Waals surface area contributed by atoms with Crippen LogP contribution in [-0.2, 0) is 14.8 Å². The van der Waals surface area contributed by atoms with Gasteiger partial charge in [-0.25, -0.2) is 17.2 Å². The molecular formula is C16H13F2NO6S. The molecule has 0 saturated carbocycles. The zero-order valence-electron chi connectivity index (χ0n) is 13.2. The Morgan fingerprint density at radius 2 is 1.73 bits per heavy atom. The lowest BCUT2D eigenvalue weighted by atomic mass is 10.3. The van der Waals surface area contributed by atoms with Crippen LogP contribution in [0.3, 0.4) is 0 Å². The van der Waals surface area contributed by atoms with Gasteiger partial charge in [0.1, 0.15) is 19.8 Å². The summed E-state index contributed by atoms with van der Waals surface area (Å²) in [6.45, 7) is -0.417.